The summed E-state index contributed by atoms with van der Waals surface area (Å²) in [7, 11) is 0. The van der Waals surface area contributed by atoms with Gasteiger partial charge in [-0.05, 0) is 12.1 Å². The highest BCUT2D eigenvalue weighted by atomic mass is 16.1. The van der Waals surface area contributed by atoms with E-state index in [-0.39, 0.29) is 6.54 Å². The van der Waals surface area contributed by atoms with Gasteiger partial charge in [0.2, 0.25) is 5.91 Å². The highest BCUT2D eigenvalue weighted by molar-refractivity contribution is 5.79. The Bertz CT molecular complexity index is 286. The molecule has 0 bridgehead atoms. The Morgan fingerprint density at radius 1 is 1.67 bits per heavy atom. The van der Waals surface area contributed by atoms with Crippen molar-refractivity contribution in [1.82, 2.24) is 4.98 Å². The molecule has 0 saturated heterocycles. The second-order valence-electron chi connectivity index (χ2n) is 2.26. The summed E-state index contributed by atoms with van der Waals surface area (Å²) >= 11 is 0. The molecule has 1 aromatic rings. The summed E-state index contributed by atoms with van der Waals surface area (Å²) in [6.07, 6.45) is 1.58. The molecule has 0 unspecified atom stereocenters. The van der Waals surface area contributed by atoms with E-state index in [1.807, 2.05) is 0 Å². The van der Waals surface area contributed by atoms with Crippen LogP contribution in [0.1, 0.15) is 0 Å². The molecule has 0 spiro atoms. The molecule has 0 radical (unpaired) electrons. The summed E-state index contributed by atoms with van der Waals surface area (Å²) in [5.41, 5.74) is 10.9. The number of pyridine rings is 1. The van der Waals surface area contributed by atoms with Crippen LogP contribution in [0.15, 0.2) is 18.3 Å². The number of amides is 1. The minimum absolute atomic E-state index is 0.0429. The number of hydrogen-bond acceptors (Lipinski definition) is 4. The number of primary amides is 1. The van der Waals surface area contributed by atoms with E-state index >= 15 is 0 Å². The Labute approximate surface area is 69.8 Å². The van der Waals surface area contributed by atoms with Crippen LogP contribution in [-0.2, 0) is 4.79 Å². The highest BCUT2D eigenvalue weighted by Gasteiger charge is 1.98. The molecule has 0 atom stereocenters. The Balaban J connectivity index is 2.63. The van der Waals surface area contributed by atoms with E-state index in [1.165, 1.54) is 0 Å². The molecule has 5 heteroatoms. The van der Waals surface area contributed by atoms with Crippen LogP contribution in [0, 0.1) is 0 Å². The van der Waals surface area contributed by atoms with Gasteiger partial charge in [0, 0.05) is 6.20 Å². The van der Waals surface area contributed by atoms with Crippen molar-refractivity contribution < 1.29 is 4.79 Å². The van der Waals surface area contributed by atoms with Crippen molar-refractivity contribution in [1.29, 1.82) is 0 Å². The molecule has 0 aliphatic rings. The van der Waals surface area contributed by atoms with Gasteiger partial charge in [-0.3, -0.25) is 4.79 Å². The molecule has 12 heavy (non-hydrogen) atoms. The van der Waals surface area contributed by atoms with Crippen molar-refractivity contribution >= 4 is 17.4 Å². The van der Waals surface area contributed by atoms with E-state index in [9.17, 15) is 4.79 Å². The summed E-state index contributed by atoms with van der Waals surface area (Å²) in [5.74, 6) is 0.0383. The smallest absolute Gasteiger partial charge is 0.236 e. The number of carbonyl (C=O) groups is 1. The number of nitrogens with one attached hydrogen (secondary N) is 1. The molecule has 64 valence electrons. The topological polar surface area (TPSA) is 94.0 Å². The molecule has 0 aliphatic heterocycles. The van der Waals surface area contributed by atoms with Gasteiger partial charge in [-0.25, -0.2) is 4.98 Å². The molecule has 0 aromatic carbocycles. The zero-order chi connectivity index (χ0) is 8.97. The third kappa shape index (κ3) is 2.12. The van der Waals surface area contributed by atoms with Crippen LogP contribution >= 0.6 is 0 Å². The number of hydrogen-bond donors (Lipinski definition) is 3. The molecule has 1 amide bonds. The normalized spacial score (nSPS) is 9.33. The van der Waals surface area contributed by atoms with Crippen LogP contribution < -0.4 is 16.8 Å². The van der Waals surface area contributed by atoms with Gasteiger partial charge in [-0.2, -0.15) is 0 Å². The van der Waals surface area contributed by atoms with Gasteiger partial charge >= 0.3 is 0 Å². The molecular formula is C7H10N4O. The van der Waals surface area contributed by atoms with Crippen molar-refractivity contribution in [2.45, 2.75) is 0 Å². The number of nitrogen functional groups attached to an aromatic ring is 1. The van der Waals surface area contributed by atoms with Crippen molar-refractivity contribution in [3.63, 3.8) is 0 Å². The number of nitrogens with zero attached hydrogens (tertiary/aromatic N) is 1. The van der Waals surface area contributed by atoms with Gasteiger partial charge in [0.05, 0.1) is 12.2 Å². The largest absolute Gasteiger partial charge is 0.396 e. The number of aromatic nitrogens is 1. The van der Waals surface area contributed by atoms with Gasteiger partial charge in [-0.15, -0.1) is 0 Å². The van der Waals surface area contributed by atoms with E-state index in [2.05, 4.69) is 10.3 Å². The van der Waals surface area contributed by atoms with E-state index in [0.717, 1.165) is 0 Å². The van der Waals surface area contributed by atoms with Gasteiger partial charge in [-0.1, -0.05) is 0 Å². The van der Waals surface area contributed by atoms with Gasteiger partial charge in [0.25, 0.3) is 0 Å². The minimum atomic E-state index is -0.444. The van der Waals surface area contributed by atoms with Crippen LogP contribution in [0.25, 0.3) is 0 Å². The van der Waals surface area contributed by atoms with Crippen molar-refractivity contribution in [3.8, 4) is 0 Å². The van der Waals surface area contributed by atoms with Crippen LogP contribution in [0.3, 0.4) is 0 Å². The molecule has 0 aliphatic carbocycles. The molecule has 0 saturated carbocycles. The quantitative estimate of drug-likeness (QED) is 0.567. The molecule has 1 rings (SSSR count). The third-order valence-corrected chi connectivity index (χ3v) is 1.27. The number of anilines is 2. The maximum absolute atomic E-state index is 10.4. The first-order valence-electron chi connectivity index (χ1n) is 3.43. The second kappa shape index (κ2) is 3.56. The molecule has 0 fully saturated rings. The lowest BCUT2D eigenvalue weighted by Gasteiger charge is -2.04. The van der Waals surface area contributed by atoms with Gasteiger partial charge in [0.1, 0.15) is 5.82 Å². The van der Waals surface area contributed by atoms with E-state index in [0.29, 0.717) is 11.5 Å². The Morgan fingerprint density at radius 2 is 2.42 bits per heavy atom. The number of rotatable bonds is 3. The SMILES string of the molecule is NC(=O)CNc1ncccc1N. The molecular weight excluding hydrogens is 156 g/mol. The fraction of sp³-hybridized carbons (Fsp3) is 0.143. The molecule has 5 nitrogen and oxygen atoms in total. The highest BCUT2D eigenvalue weighted by Crippen LogP contribution is 2.11. The predicted molar refractivity (Wildman–Crippen MR) is 46.3 cm³/mol. The average Bonchev–Trinajstić information content (AvgIpc) is 2.03. The Hall–Kier alpha value is -1.78. The lowest BCUT2D eigenvalue weighted by atomic mass is 10.4. The van der Waals surface area contributed by atoms with Crippen molar-refractivity contribution in [2.75, 3.05) is 17.6 Å². The zero-order valence-corrected chi connectivity index (χ0v) is 6.45. The van der Waals surface area contributed by atoms with E-state index in [1.54, 1.807) is 18.3 Å². The predicted octanol–water partition coefficient (Wildman–Crippen LogP) is -0.439. The maximum atomic E-state index is 10.4. The maximum Gasteiger partial charge on any atom is 0.236 e. The summed E-state index contributed by atoms with van der Waals surface area (Å²) in [6.45, 7) is 0.0429. The first-order valence-corrected chi connectivity index (χ1v) is 3.43. The summed E-state index contributed by atoms with van der Waals surface area (Å²) in [6, 6.07) is 3.40. The first kappa shape index (κ1) is 8.32. The fourth-order valence-electron chi connectivity index (χ4n) is 0.736. The van der Waals surface area contributed by atoms with E-state index in [4.69, 9.17) is 11.5 Å². The summed E-state index contributed by atoms with van der Waals surface area (Å²) in [4.78, 5) is 14.3. The third-order valence-electron chi connectivity index (χ3n) is 1.27. The van der Waals surface area contributed by atoms with Crippen molar-refractivity contribution in [3.05, 3.63) is 18.3 Å². The summed E-state index contributed by atoms with van der Waals surface area (Å²) in [5, 5.41) is 2.70. The first-order chi connectivity index (χ1) is 5.70. The summed E-state index contributed by atoms with van der Waals surface area (Å²) < 4.78 is 0. The standard InChI is InChI=1S/C7H10N4O/c8-5-2-1-3-10-7(5)11-4-6(9)12/h1-3H,4,8H2,(H2,9,12)(H,10,11). The van der Waals surface area contributed by atoms with Gasteiger partial charge < -0.3 is 16.8 Å². The van der Waals surface area contributed by atoms with E-state index < -0.39 is 5.91 Å². The Morgan fingerprint density at radius 3 is 3.00 bits per heavy atom. The van der Waals surface area contributed by atoms with Crippen LogP contribution in [-0.4, -0.2) is 17.4 Å². The van der Waals surface area contributed by atoms with Crippen molar-refractivity contribution in [2.24, 2.45) is 5.73 Å². The number of nitrogens with two attached hydrogens (primary N) is 2. The monoisotopic (exact) mass is 166 g/mol. The lowest BCUT2D eigenvalue weighted by Crippen LogP contribution is -2.22. The molecule has 1 heterocycles. The molecule has 5 N–H and O–H groups in total. The van der Waals surface area contributed by atoms with Crippen LogP contribution in [0.2, 0.25) is 0 Å². The molecule has 1 aromatic heterocycles. The fourth-order valence-corrected chi connectivity index (χ4v) is 0.736. The Kier molecular flexibility index (Phi) is 2.47. The van der Waals surface area contributed by atoms with Crippen LogP contribution in [0.4, 0.5) is 11.5 Å². The minimum Gasteiger partial charge on any atom is -0.396 e. The second-order valence-corrected chi connectivity index (χ2v) is 2.26. The number of carbonyl (C=O) groups excluding carboxylic acids is 1. The lowest BCUT2D eigenvalue weighted by molar-refractivity contribution is -0.116. The zero-order valence-electron chi connectivity index (χ0n) is 6.45. The van der Waals surface area contributed by atoms with Gasteiger partial charge in [0.15, 0.2) is 0 Å². The van der Waals surface area contributed by atoms with Crippen LogP contribution in [0.5, 0.6) is 0 Å². The average molecular weight is 166 g/mol.